The summed E-state index contributed by atoms with van der Waals surface area (Å²) in [5.41, 5.74) is 3.11. The molecule has 2 saturated heterocycles. The minimum absolute atomic E-state index is 0.0287. The van der Waals surface area contributed by atoms with Gasteiger partial charge < -0.3 is 29.4 Å². The summed E-state index contributed by atoms with van der Waals surface area (Å²) < 4.78 is 6.29. The van der Waals surface area contributed by atoms with Crippen LogP contribution in [0.3, 0.4) is 0 Å². The average Bonchev–Trinajstić information content (AvgIpc) is 2.99. The molecule has 40 heavy (non-hydrogen) atoms. The molecule has 9 nitrogen and oxygen atoms in total. The third kappa shape index (κ3) is 5.30. The van der Waals surface area contributed by atoms with Gasteiger partial charge in [-0.1, -0.05) is 37.3 Å². The number of fused-ring (bicyclic) bond motifs is 2. The molecular weight excluding hydrogens is 504 g/mol. The highest BCUT2D eigenvalue weighted by molar-refractivity contribution is 5.95. The molecular formula is C31H38N6O3. The third-order valence-electron chi connectivity index (χ3n) is 8.58. The predicted molar refractivity (Wildman–Crippen MR) is 157 cm³/mol. The SMILES string of the molecule is C=CC(=O)N1CCN(c2nc(OCC3CCCCN3C)nc3c2CCN(c2cc(O)cc4ccccc24)C3)CC1. The van der Waals surface area contributed by atoms with Gasteiger partial charge in [-0.25, -0.2) is 0 Å². The van der Waals surface area contributed by atoms with Gasteiger partial charge in [-0.15, -0.1) is 0 Å². The number of hydrogen-bond acceptors (Lipinski definition) is 8. The number of anilines is 2. The number of piperidine rings is 1. The molecule has 2 fully saturated rings. The van der Waals surface area contributed by atoms with Crippen LogP contribution < -0.4 is 14.5 Å². The van der Waals surface area contributed by atoms with Gasteiger partial charge in [0, 0.05) is 61.5 Å². The zero-order valence-electron chi connectivity index (χ0n) is 23.3. The number of ether oxygens (including phenoxy) is 1. The highest BCUT2D eigenvalue weighted by atomic mass is 16.5. The first-order valence-electron chi connectivity index (χ1n) is 14.4. The van der Waals surface area contributed by atoms with E-state index in [9.17, 15) is 9.90 Å². The summed E-state index contributed by atoms with van der Waals surface area (Å²) in [5.74, 6) is 1.15. The third-order valence-corrected chi connectivity index (χ3v) is 8.58. The van der Waals surface area contributed by atoms with Crippen LogP contribution in [0.1, 0.15) is 30.5 Å². The van der Waals surface area contributed by atoms with Crippen molar-refractivity contribution >= 4 is 28.2 Å². The lowest BCUT2D eigenvalue weighted by Crippen LogP contribution is -2.49. The van der Waals surface area contributed by atoms with Crippen molar-refractivity contribution in [2.24, 2.45) is 0 Å². The Morgan fingerprint density at radius 3 is 2.70 bits per heavy atom. The van der Waals surface area contributed by atoms with E-state index in [0.29, 0.717) is 51.4 Å². The molecule has 210 valence electrons. The Hall–Kier alpha value is -3.85. The van der Waals surface area contributed by atoms with Gasteiger partial charge in [0.1, 0.15) is 18.2 Å². The lowest BCUT2D eigenvalue weighted by molar-refractivity contribution is -0.126. The van der Waals surface area contributed by atoms with Crippen molar-refractivity contribution in [3.8, 4) is 11.8 Å². The quantitative estimate of drug-likeness (QED) is 0.473. The van der Waals surface area contributed by atoms with Gasteiger partial charge in [0.15, 0.2) is 0 Å². The second kappa shape index (κ2) is 11.3. The molecule has 1 unspecified atom stereocenters. The topological polar surface area (TPSA) is 85.3 Å². The van der Waals surface area contributed by atoms with Gasteiger partial charge in [-0.2, -0.15) is 9.97 Å². The van der Waals surface area contributed by atoms with Gasteiger partial charge in [0.2, 0.25) is 5.91 Å². The molecule has 1 aromatic heterocycles. The number of rotatable bonds is 6. The normalized spacial score (nSPS) is 19.9. The van der Waals surface area contributed by atoms with Crippen molar-refractivity contribution in [1.29, 1.82) is 0 Å². The van der Waals surface area contributed by atoms with E-state index in [1.165, 1.54) is 18.9 Å². The fourth-order valence-electron chi connectivity index (χ4n) is 6.25. The van der Waals surface area contributed by atoms with Crippen molar-refractivity contribution in [3.05, 3.63) is 60.3 Å². The number of likely N-dealkylation sites (tertiary alicyclic amines) is 1. The Labute approximate surface area is 235 Å². The van der Waals surface area contributed by atoms with Gasteiger partial charge in [0.25, 0.3) is 0 Å². The number of carbonyl (C=O) groups excluding carboxylic acids is 1. The largest absolute Gasteiger partial charge is 0.508 e. The van der Waals surface area contributed by atoms with Crippen LogP contribution in [-0.2, 0) is 17.8 Å². The molecule has 4 heterocycles. The molecule has 9 heteroatoms. The van der Waals surface area contributed by atoms with Crippen molar-refractivity contribution in [2.45, 2.75) is 38.3 Å². The number of hydrogen-bond donors (Lipinski definition) is 1. The summed E-state index contributed by atoms with van der Waals surface area (Å²) in [4.78, 5) is 30.8. The molecule has 1 N–H and O–H groups in total. The van der Waals surface area contributed by atoms with Gasteiger partial charge in [0.05, 0.1) is 12.2 Å². The Kier molecular flexibility index (Phi) is 7.47. The second-order valence-corrected chi connectivity index (χ2v) is 11.1. The van der Waals surface area contributed by atoms with Gasteiger partial charge >= 0.3 is 6.01 Å². The monoisotopic (exact) mass is 542 g/mol. The molecule has 3 aliphatic rings. The van der Waals surface area contributed by atoms with E-state index < -0.39 is 0 Å². The van der Waals surface area contributed by atoms with Crippen LogP contribution in [-0.4, -0.2) is 89.7 Å². The molecule has 0 aliphatic carbocycles. The standard InChI is InChI=1S/C31H38N6O3/c1-3-29(39)35-14-16-36(17-15-35)30-26-11-13-37(28-19-24(38)18-22-8-4-5-10-25(22)28)20-27(26)32-31(33-30)40-21-23-9-6-7-12-34(23)2/h3-5,8,10,18-19,23,38H,1,6-7,9,11-17,20-21H2,2H3. The summed E-state index contributed by atoms with van der Waals surface area (Å²) in [6.07, 6.45) is 5.73. The van der Waals surface area contributed by atoms with Crippen molar-refractivity contribution < 1.29 is 14.6 Å². The summed E-state index contributed by atoms with van der Waals surface area (Å²) >= 11 is 0. The first kappa shape index (κ1) is 26.4. The molecule has 3 aliphatic heterocycles. The number of amides is 1. The highest BCUT2D eigenvalue weighted by Crippen LogP contribution is 2.36. The van der Waals surface area contributed by atoms with Crippen LogP contribution in [0.25, 0.3) is 10.8 Å². The number of piperazine rings is 1. The maximum atomic E-state index is 12.2. The molecule has 0 saturated carbocycles. The van der Waals surface area contributed by atoms with E-state index >= 15 is 0 Å². The number of phenolic OH excluding ortho intramolecular Hbond substituents is 1. The van der Waals surface area contributed by atoms with E-state index in [4.69, 9.17) is 14.7 Å². The minimum Gasteiger partial charge on any atom is -0.508 e. The summed E-state index contributed by atoms with van der Waals surface area (Å²) in [5, 5.41) is 12.6. The maximum absolute atomic E-state index is 12.2. The molecule has 6 rings (SSSR count). The van der Waals surface area contributed by atoms with Crippen LogP contribution in [0.5, 0.6) is 11.8 Å². The first-order valence-corrected chi connectivity index (χ1v) is 14.4. The number of aromatic nitrogens is 2. The van der Waals surface area contributed by atoms with Crippen molar-refractivity contribution in [3.63, 3.8) is 0 Å². The Morgan fingerprint density at radius 2 is 1.90 bits per heavy atom. The van der Waals surface area contributed by atoms with Crippen LogP contribution >= 0.6 is 0 Å². The van der Waals surface area contributed by atoms with E-state index in [0.717, 1.165) is 59.5 Å². The van der Waals surface area contributed by atoms with E-state index in [1.807, 2.05) is 35.2 Å². The van der Waals surface area contributed by atoms with E-state index in [-0.39, 0.29) is 11.7 Å². The number of carbonyl (C=O) groups is 1. The van der Waals surface area contributed by atoms with Crippen molar-refractivity contribution in [1.82, 2.24) is 19.8 Å². The van der Waals surface area contributed by atoms with Crippen LogP contribution in [0.15, 0.2) is 49.1 Å². The number of phenols is 1. The number of aromatic hydroxyl groups is 1. The fourth-order valence-corrected chi connectivity index (χ4v) is 6.25. The molecule has 0 bridgehead atoms. The van der Waals surface area contributed by atoms with E-state index in [1.54, 1.807) is 0 Å². The molecule has 1 atom stereocenters. The van der Waals surface area contributed by atoms with Crippen molar-refractivity contribution in [2.75, 3.05) is 62.7 Å². The van der Waals surface area contributed by atoms with Gasteiger partial charge in [-0.05, 0) is 50.4 Å². The van der Waals surface area contributed by atoms with E-state index in [2.05, 4.69) is 34.4 Å². The zero-order chi connectivity index (χ0) is 27.6. The van der Waals surface area contributed by atoms with Crippen LogP contribution in [0.2, 0.25) is 0 Å². The Balaban J connectivity index is 1.30. The predicted octanol–water partition coefficient (Wildman–Crippen LogP) is 3.60. The minimum atomic E-state index is -0.0287. The van der Waals surface area contributed by atoms with Crippen LogP contribution in [0.4, 0.5) is 11.5 Å². The lowest BCUT2D eigenvalue weighted by atomic mass is 10.0. The Morgan fingerprint density at radius 1 is 1.07 bits per heavy atom. The molecule has 3 aromatic rings. The highest BCUT2D eigenvalue weighted by Gasteiger charge is 2.29. The summed E-state index contributed by atoms with van der Waals surface area (Å²) in [6.45, 7) is 9.36. The smallest absolute Gasteiger partial charge is 0.318 e. The average molecular weight is 543 g/mol. The van der Waals surface area contributed by atoms with Gasteiger partial charge in [-0.3, -0.25) is 4.79 Å². The Bertz CT molecular complexity index is 1400. The van der Waals surface area contributed by atoms with Crippen LogP contribution in [0, 0.1) is 0 Å². The summed E-state index contributed by atoms with van der Waals surface area (Å²) in [7, 11) is 2.16. The molecule has 2 aromatic carbocycles. The number of nitrogens with zero attached hydrogens (tertiary/aromatic N) is 6. The summed E-state index contributed by atoms with van der Waals surface area (Å²) in [6, 6.07) is 12.6. The number of likely N-dealkylation sites (N-methyl/N-ethyl adjacent to an activating group) is 1. The fraction of sp³-hybridized carbons (Fsp3) is 0.452. The number of benzene rings is 2. The lowest BCUT2D eigenvalue weighted by Gasteiger charge is -2.38. The zero-order valence-corrected chi connectivity index (χ0v) is 23.3. The first-order chi connectivity index (χ1) is 19.5. The molecule has 0 radical (unpaired) electrons. The second-order valence-electron chi connectivity index (χ2n) is 11.1. The molecule has 1 amide bonds. The molecule has 0 spiro atoms. The maximum Gasteiger partial charge on any atom is 0.318 e.